The van der Waals surface area contributed by atoms with E-state index in [4.69, 9.17) is 15.2 Å². The first-order chi connectivity index (χ1) is 8.06. The molecule has 0 spiro atoms. The van der Waals surface area contributed by atoms with Crippen molar-refractivity contribution in [3.05, 3.63) is 23.8 Å². The van der Waals surface area contributed by atoms with Crippen molar-refractivity contribution in [2.75, 3.05) is 7.11 Å². The van der Waals surface area contributed by atoms with Gasteiger partial charge < -0.3 is 15.2 Å². The van der Waals surface area contributed by atoms with Crippen LogP contribution in [0.4, 0.5) is 0 Å². The lowest BCUT2D eigenvalue weighted by atomic mass is 10.1. The SMILES string of the molecule is COc1cc(CN)ccc1OC(C)CC(C)C. The summed E-state index contributed by atoms with van der Waals surface area (Å²) in [6.45, 7) is 6.97. The van der Waals surface area contributed by atoms with Gasteiger partial charge in [-0.3, -0.25) is 0 Å². The molecule has 0 aromatic heterocycles. The largest absolute Gasteiger partial charge is 0.493 e. The third kappa shape index (κ3) is 4.27. The molecule has 0 saturated carbocycles. The normalized spacial score (nSPS) is 12.6. The summed E-state index contributed by atoms with van der Waals surface area (Å²) < 4.78 is 11.2. The van der Waals surface area contributed by atoms with E-state index in [1.165, 1.54) is 0 Å². The third-order valence-electron chi connectivity index (χ3n) is 2.60. The van der Waals surface area contributed by atoms with E-state index in [9.17, 15) is 0 Å². The Hall–Kier alpha value is -1.22. The minimum Gasteiger partial charge on any atom is -0.493 e. The van der Waals surface area contributed by atoms with Crippen LogP contribution in [0.3, 0.4) is 0 Å². The van der Waals surface area contributed by atoms with Crippen LogP contribution in [0, 0.1) is 5.92 Å². The van der Waals surface area contributed by atoms with Crippen LogP contribution in [-0.4, -0.2) is 13.2 Å². The smallest absolute Gasteiger partial charge is 0.161 e. The first kappa shape index (κ1) is 13.8. The van der Waals surface area contributed by atoms with Crippen molar-refractivity contribution in [1.29, 1.82) is 0 Å². The average Bonchev–Trinajstić information content (AvgIpc) is 2.28. The van der Waals surface area contributed by atoms with E-state index in [1.54, 1.807) is 7.11 Å². The van der Waals surface area contributed by atoms with Gasteiger partial charge in [0.2, 0.25) is 0 Å². The summed E-state index contributed by atoms with van der Waals surface area (Å²) in [6, 6.07) is 5.83. The molecule has 0 aliphatic rings. The van der Waals surface area contributed by atoms with Gasteiger partial charge in [-0.2, -0.15) is 0 Å². The van der Waals surface area contributed by atoms with E-state index >= 15 is 0 Å². The number of benzene rings is 1. The molecule has 3 heteroatoms. The van der Waals surface area contributed by atoms with Crippen molar-refractivity contribution in [2.24, 2.45) is 11.7 Å². The maximum absolute atomic E-state index is 5.88. The number of ether oxygens (including phenoxy) is 2. The molecular weight excluding hydrogens is 214 g/mol. The topological polar surface area (TPSA) is 44.5 Å². The molecule has 0 fully saturated rings. The molecule has 17 heavy (non-hydrogen) atoms. The fraction of sp³-hybridized carbons (Fsp3) is 0.571. The summed E-state index contributed by atoms with van der Waals surface area (Å²) >= 11 is 0. The van der Waals surface area contributed by atoms with Crippen LogP contribution in [0.2, 0.25) is 0 Å². The lowest BCUT2D eigenvalue weighted by molar-refractivity contribution is 0.185. The summed E-state index contributed by atoms with van der Waals surface area (Å²) in [5.74, 6) is 2.17. The molecule has 1 rings (SSSR count). The van der Waals surface area contributed by atoms with Gasteiger partial charge in [0, 0.05) is 6.54 Å². The highest BCUT2D eigenvalue weighted by molar-refractivity contribution is 5.43. The summed E-state index contributed by atoms with van der Waals surface area (Å²) in [5.41, 5.74) is 6.64. The van der Waals surface area contributed by atoms with Crippen molar-refractivity contribution < 1.29 is 9.47 Å². The molecular formula is C14H23NO2. The fourth-order valence-corrected chi connectivity index (χ4v) is 1.87. The highest BCUT2D eigenvalue weighted by Gasteiger charge is 2.11. The molecule has 3 nitrogen and oxygen atoms in total. The van der Waals surface area contributed by atoms with Crippen LogP contribution in [0.15, 0.2) is 18.2 Å². The Morgan fingerprint density at radius 3 is 2.41 bits per heavy atom. The quantitative estimate of drug-likeness (QED) is 0.827. The van der Waals surface area contributed by atoms with E-state index in [-0.39, 0.29) is 6.10 Å². The van der Waals surface area contributed by atoms with Gasteiger partial charge in [-0.05, 0) is 37.0 Å². The van der Waals surface area contributed by atoms with Gasteiger partial charge in [-0.15, -0.1) is 0 Å². The summed E-state index contributed by atoms with van der Waals surface area (Å²) in [4.78, 5) is 0. The number of methoxy groups -OCH3 is 1. The van der Waals surface area contributed by atoms with Crippen LogP contribution < -0.4 is 15.2 Å². The van der Waals surface area contributed by atoms with E-state index < -0.39 is 0 Å². The van der Waals surface area contributed by atoms with Gasteiger partial charge in [0.15, 0.2) is 11.5 Å². The van der Waals surface area contributed by atoms with E-state index in [1.807, 2.05) is 18.2 Å². The van der Waals surface area contributed by atoms with Crippen molar-refractivity contribution >= 4 is 0 Å². The maximum Gasteiger partial charge on any atom is 0.161 e. The van der Waals surface area contributed by atoms with Crippen molar-refractivity contribution in [2.45, 2.75) is 39.8 Å². The maximum atomic E-state index is 5.88. The Balaban J connectivity index is 2.76. The molecule has 2 N–H and O–H groups in total. The second kappa shape index (κ2) is 6.50. The first-order valence-corrected chi connectivity index (χ1v) is 6.10. The first-order valence-electron chi connectivity index (χ1n) is 6.10. The van der Waals surface area contributed by atoms with Crippen molar-refractivity contribution in [3.8, 4) is 11.5 Å². The van der Waals surface area contributed by atoms with Crippen LogP contribution >= 0.6 is 0 Å². The second-order valence-electron chi connectivity index (χ2n) is 4.75. The van der Waals surface area contributed by atoms with Gasteiger partial charge in [0.25, 0.3) is 0 Å². The lowest BCUT2D eigenvalue weighted by Crippen LogP contribution is -2.15. The zero-order valence-electron chi connectivity index (χ0n) is 11.2. The van der Waals surface area contributed by atoms with Gasteiger partial charge >= 0.3 is 0 Å². The zero-order valence-corrected chi connectivity index (χ0v) is 11.2. The van der Waals surface area contributed by atoms with E-state index in [2.05, 4.69) is 20.8 Å². The Morgan fingerprint density at radius 2 is 1.88 bits per heavy atom. The highest BCUT2D eigenvalue weighted by atomic mass is 16.5. The summed E-state index contributed by atoms with van der Waals surface area (Å²) in [5, 5.41) is 0. The second-order valence-corrected chi connectivity index (χ2v) is 4.75. The Morgan fingerprint density at radius 1 is 1.18 bits per heavy atom. The molecule has 0 amide bonds. The van der Waals surface area contributed by atoms with Crippen LogP contribution in [0.5, 0.6) is 11.5 Å². The molecule has 0 heterocycles. The minimum absolute atomic E-state index is 0.188. The average molecular weight is 237 g/mol. The van der Waals surface area contributed by atoms with E-state index in [0.717, 1.165) is 23.5 Å². The predicted octanol–water partition coefficient (Wildman–Crippen LogP) is 2.97. The molecule has 1 atom stereocenters. The monoisotopic (exact) mass is 237 g/mol. The molecule has 0 radical (unpaired) electrons. The van der Waals surface area contributed by atoms with Crippen LogP contribution in [-0.2, 0) is 6.54 Å². The van der Waals surface area contributed by atoms with Crippen LogP contribution in [0.1, 0.15) is 32.8 Å². The molecule has 1 aromatic rings. The standard InChI is InChI=1S/C14H23NO2/c1-10(2)7-11(3)17-13-6-5-12(9-15)8-14(13)16-4/h5-6,8,10-11H,7,9,15H2,1-4H3. The van der Waals surface area contributed by atoms with Gasteiger partial charge in [0.05, 0.1) is 13.2 Å². The highest BCUT2D eigenvalue weighted by Crippen LogP contribution is 2.29. The molecule has 0 bridgehead atoms. The molecule has 96 valence electrons. The Bertz CT molecular complexity index is 350. The molecule has 0 saturated heterocycles. The minimum atomic E-state index is 0.188. The molecule has 0 aliphatic heterocycles. The third-order valence-corrected chi connectivity index (χ3v) is 2.60. The number of nitrogens with two attached hydrogens (primary N) is 1. The molecule has 0 aliphatic carbocycles. The van der Waals surface area contributed by atoms with E-state index in [0.29, 0.717) is 12.5 Å². The zero-order chi connectivity index (χ0) is 12.8. The van der Waals surface area contributed by atoms with Gasteiger partial charge in [0.1, 0.15) is 0 Å². The summed E-state index contributed by atoms with van der Waals surface area (Å²) in [6.07, 6.45) is 1.22. The predicted molar refractivity (Wildman–Crippen MR) is 70.4 cm³/mol. The van der Waals surface area contributed by atoms with Crippen LogP contribution in [0.25, 0.3) is 0 Å². The Kier molecular flexibility index (Phi) is 5.29. The van der Waals surface area contributed by atoms with Crippen molar-refractivity contribution in [1.82, 2.24) is 0 Å². The number of rotatable bonds is 6. The van der Waals surface area contributed by atoms with Gasteiger partial charge in [-0.1, -0.05) is 19.9 Å². The summed E-state index contributed by atoms with van der Waals surface area (Å²) in [7, 11) is 1.65. The molecule has 1 unspecified atom stereocenters. The molecule has 1 aromatic carbocycles. The van der Waals surface area contributed by atoms with Crippen molar-refractivity contribution in [3.63, 3.8) is 0 Å². The Labute approximate surface area is 104 Å². The number of hydrogen-bond donors (Lipinski definition) is 1. The van der Waals surface area contributed by atoms with Gasteiger partial charge in [-0.25, -0.2) is 0 Å². The lowest BCUT2D eigenvalue weighted by Gasteiger charge is -2.18. The number of hydrogen-bond acceptors (Lipinski definition) is 3. The fourth-order valence-electron chi connectivity index (χ4n) is 1.87.